The van der Waals surface area contributed by atoms with Crippen LogP contribution in [-0.2, 0) is 10.0 Å². The van der Waals surface area contributed by atoms with E-state index in [0.717, 1.165) is 33.2 Å². The molecule has 0 aliphatic heterocycles. The molecule has 4 aromatic carbocycles. The van der Waals surface area contributed by atoms with Crippen LogP contribution in [-0.4, -0.2) is 13.4 Å². The number of aryl methyl sites for hydroxylation is 1. The Labute approximate surface area is 203 Å². The summed E-state index contributed by atoms with van der Waals surface area (Å²) < 4.78 is 29.4. The van der Waals surface area contributed by atoms with Gasteiger partial charge >= 0.3 is 0 Å². The highest BCUT2D eigenvalue weighted by Crippen LogP contribution is 2.42. The standard InChI is InChI=1S/C28H21ClN2O2S/c1-19-11-13-21(14-12-19)27-26(20-7-3-2-4-8-20)24-9-5-6-10-25(24)30-28(27)31-34(32,33)23-17-15-22(29)16-18-23/h2-18H,1H3,(H,30,31). The van der Waals surface area contributed by atoms with Crippen LogP contribution in [0.5, 0.6) is 0 Å². The maximum absolute atomic E-state index is 13.3. The molecular formula is C28H21ClN2O2S. The van der Waals surface area contributed by atoms with Gasteiger partial charge in [-0.2, -0.15) is 0 Å². The van der Waals surface area contributed by atoms with Gasteiger partial charge in [0.2, 0.25) is 0 Å². The number of halogens is 1. The second-order valence-corrected chi connectivity index (χ2v) is 10.1. The van der Waals surface area contributed by atoms with Crippen molar-refractivity contribution >= 4 is 38.3 Å². The first kappa shape index (κ1) is 22.1. The molecule has 0 aliphatic rings. The number of nitrogens with one attached hydrogen (secondary N) is 1. The number of benzene rings is 4. The van der Waals surface area contributed by atoms with Crippen molar-refractivity contribution in [2.45, 2.75) is 11.8 Å². The summed E-state index contributed by atoms with van der Waals surface area (Å²) in [5, 5.41) is 1.41. The molecule has 1 N–H and O–H groups in total. The van der Waals surface area contributed by atoms with E-state index >= 15 is 0 Å². The van der Waals surface area contributed by atoms with Crippen molar-refractivity contribution in [3.8, 4) is 22.3 Å². The van der Waals surface area contributed by atoms with Gasteiger partial charge in [-0.15, -0.1) is 0 Å². The third-order valence-corrected chi connectivity index (χ3v) is 7.26. The van der Waals surface area contributed by atoms with E-state index < -0.39 is 10.0 Å². The molecule has 5 rings (SSSR count). The van der Waals surface area contributed by atoms with E-state index in [2.05, 4.69) is 4.72 Å². The zero-order valence-electron chi connectivity index (χ0n) is 18.4. The zero-order chi connectivity index (χ0) is 23.7. The summed E-state index contributed by atoms with van der Waals surface area (Å²) >= 11 is 5.97. The molecule has 0 saturated heterocycles. The zero-order valence-corrected chi connectivity index (χ0v) is 19.9. The first-order valence-corrected chi connectivity index (χ1v) is 12.6. The predicted molar refractivity (Wildman–Crippen MR) is 140 cm³/mol. The summed E-state index contributed by atoms with van der Waals surface area (Å²) in [6, 6.07) is 31.8. The summed E-state index contributed by atoms with van der Waals surface area (Å²) in [7, 11) is -3.91. The molecule has 0 bridgehead atoms. The highest BCUT2D eigenvalue weighted by Gasteiger charge is 2.23. The van der Waals surface area contributed by atoms with E-state index in [1.165, 1.54) is 12.1 Å². The molecule has 0 unspecified atom stereocenters. The second kappa shape index (κ2) is 8.93. The quantitative estimate of drug-likeness (QED) is 0.284. The first-order valence-electron chi connectivity index (χ1n) is 10.8. The van der Waals surface area contributed by atoms with E-state index in [9.17, 15) is 8.42 Å². The number of nitrogens with zero attached hydrogens (tertiary/aromatic N) is 1. The second-order valence-electron chi connectivity index (χ2n) is 8.02. The lowest BCUT2D eigenvalue weighted by molar-refractivity contribution is 0.601. The maximum Gasteiger partial charge on any atom is 0.263 e. The number of rotatable bonds is 5. The summed E-state index contributed by atoms with van der Waals surface area (Å²) in [6.07, 6.45) is 0. The Bertz CT molecular complexity index is 1580. The van der Waals surface area contributed by atoms with Gasteiger partial charge in [0.25, 0.3) is 10.0 Å². The van der Waals surface area contributed by atoms with Gasteiger partial charge in [0.15, 0.2) is 0 Å². The van der Waals surface area contributed by atoms with Crippen LogP contribution in [0.25, 0.3) is 33.2 Å². The smallest absolute Gasteiger partial charge is 0.263 e. The van der Waals surface area contributed by atoms with Crippen molar-refractivity contribution in [1.29, 1.82) is 0 Å². The number of anilines is 1. The van der Waals surface area contributed by atoms with Gasteiger partial charge in [-0.05, 0) is 48.4 Å². The molecule has 0 fully saturated rings. The largest absolute Gasteiger partial charge is 0.263 e. The fraction of sp³-hybridized carbons (Fsp3) is 0.0357. The van der Waals surface area contributed by atoms with E-state index in [1.807, 2.05) is 85.8 Å². The van der Waals surface area contributed by atoms with Crippen LogP contribution in [0.4, 0.5) is 5.82 Å². The van der Waals surface area contributed by atoms with Gasteiger partial charge in [0.1, 0.15) is 5.82 Å². The Balaban J connectivity index is 1.81. The summed E-state index contributed by atoms with van der Waals surface area (Å²) in [5.74, 6) is 0.274. The Hall–Kier alpha value is -3.67. The topological polar surface area (TPSA) is 59.1 Å². The molecule has 6 heteroatoms. The van der Waals surface area contributed by atoms with Crippen LogP contribution in [0.15, 0.2) is 108 Å². The molecular weight excluding hydrogens is 464 g/mol. The number of hydrogen-bond donors (Lipinski definition) is 1. The molecule has 168 valence electrons. The van der Waals surface area contributed by atoms with Crippen molar-refractivity contribution in [1.82, 2.24) is 4.98 Å². The van der Waals surface area contributed by atoms with E-state index in [4.69, 9.17) is 16.6 Å². The normalized spacial score (nSPS) is 11.5. The van der Waals surface area contributed by atoms with Crippen molar-refractivity contribution in [3.63, 3.8) is 0 Å². The summed E-state index contributed by atoms with van der Waals surface area (Å²) in [6.45, 7) is 2.02. The van der Waals surface area contributed by atoms with Crippen LogP contribution in [0.3, 0.4) is 0 Å². The molecule has 0 aliphatic carbocycles. The van der Waals surface area contributed by atoms with Crippen LogP contribution in [0.2, 0.25) is 5.02 Å². The minimum Gasteiger partial charge on any atom is -0.263 e. The lowest BCUT2D eigenvalue weighted by Gasteiger charge is -2.19. The number of para-hydroxylation sites is 1. The van der Waals surface area contributed by atoms with Crippen molar-refractivity contribution < 1.29 is 8.42 Å². The SMILES string of the molecule is Cc1ccc(-c2c(NS(=O)(=O)c3ccc(Cl)cc3)nc3ccccc3c2-c2ccccc2)cc1. The molecule has 0 saturated carbocycles. The van der Waals surface area contributed by atoms with E-state index in [0.29, 0.717) is 10.5 Å². The van der Waals surface area contributed by atoms with Crippen molar-refractivity contribution in [2.75, 3.05) is 4.72 Å². The molecule has 1 heterocycles. The van der Waals surface area contributed by atoms with Crippen LogP contribution in [0.1, 0.15) is 5.56 Å². The Morgan fingerprint density at radius 2 is 1.32 bits per heavy atom. The number of sulfonamides is 1. The summed E-state index contributed by atoms with van der Waals surface area (Å²) in [4.78, 5) is 4.89. The number of hydrogen-bond acceptors (Lipinski definition) is 3. The molecule has 0 spiro atoms. The highest BCUT2D eigenvalue weighted by molar-refractivity contribution is 7.92. The predicted octanol–water partition coefficient (Wildman–Crippen LogP) is 7.33. The Morgan fingerprint density at radius 3 is 2.03 bits per heavy atom. The molecule has 4 nitrogen and oxygen atoms in total. The van der Waals surface area contributed by atoms with Gasteiger partial charge in [0.05, 0.1) is 10.4 Å². The highest BCUT2D eigenvalue weighted by atomic mass is 35.5. The number of fused-ring (bicyclic) bond motifs is 1. The number of aromatic nitrogens is 1. The molecule has 0 atom stereocenters. The van der Waals surface area contributed by atoms with E-state index in [1.54, 1.807) is 12.1 Å². The number of pyridine rings is 1. The van der Waals surface area contributed by atoms with Crippen molar-refractivity contribution in [3.05, 3.63) is 114 Å². The third-order valence-electron chi connectivity index (χ3n) is 5.65. The van der Waals surface area contributed by atoms with E-state index in [-0.39, 0.29) is 10.7 Å². The molecule has 0 radical (unpaired) electrons. The minimum absolute atomic E-state index is 0.114. The lowest BCUT2D eigenvalue weighted by atomic mass is 9.91. The maximum atomic E-state index is 13.3. The average molecular weight is 485 g/mol. The van der Waals surface area contributed by atoms with Crippen LogP contribution < -0.4 is 4.72 Å². The van der Waals surface area contributed by atoms with Crippen molar-refractivity contribution in [2.24, 2.45) is 0 Å². The first-order chi connectivity index (χ1) is 16.4. The monoisotopic (exact) mass is 484 g/mol. The van der Waals surface area contributed by atoms with Gasteiger partial charge in [-0.3, -0.25) is 4.72 Å². The molecule has 1 aromatic heterocycles. The molecule has 5 aromatic rings. The molecule has 34 heavy (non-hydrogen) atoms. The molecule has 0 amide bonds. The van der Waals surface area contributed by atoms with Crippen LogP contribution in [0, 0.1) is 6.92 Å². The van der Waals surface area contributed by atoms with Gasteiger partial charge in [0, 0.05) is 21.5 Å². The summed E-state index contributed by atoms with van der Waals surface area (Å²) in [5.41, 5.74) is 5.31. The van der Waals surface area contributed by atoms with Gasteiger partial charge in [-0.25, -0.2) is 13.4 Å². The Kier molecular flexibility index (Phi) is 5.82. The third kappa shape index (κ3) is 4.28. The minimum atomic E-state index is -3.91. The lowest BCUT2D eigenvalue weighted by Crippen LogP contribution is -2.15. The fourth-order valence-corrected chi connectivity index (χ4v) is 5.13. The Morgan fingerprint density at radius 1 is 0.706 bits per heavy atom. The van der Waals surface area contributed by atoms with Gasteiger partial charge in [-0.1, -0.05) is 90.0 Å². The average Bonchev–Trinajstić information content (AvgIpc) is 2.84. The van der Waals surface area contributed by atoms with Crippen LogP contribution >= 0.6 is 11.6 Å². The van der Waals surface area contributed by atoms with Gasteiger partial charge < -0.3 is 0 Å². The fourth-order valence-electron chi connectivity index (χ4n) is 3.99.